The Hall–Kier alpha value is -2.66. The Morgan fingerprint density at radius 3 is 2.44 bits per heavy atom. The van der Waals surface area contributed by atoms with E-state index >= 15 is 0 Å². The van der Waals surface area contributed by atoms with Crippen LogP contribution in [-0.2, 0) is 25.7 Å². The molecule has 1 aromatic carbocycles. The highest BCUT2D eigenvalue weighted by Crippen LogP contribution is 2.69. The summed E-state index contributed by atoms with van der Waals surface area (Å²) in [4.78, 5) is 51.6. The van der Waals surface area contributed by atoms with Gasteiger partial charge in [-0.3, -0.25) is 19.3 Å². The number of amides is 3. The van der Waals surface area contributed by atoms with Crippen LogP contribution in [0.4, 0.5) is 0 Å². The van der Waals surface area contributed by atoms with Crippen LogP contribution in [0.1, 0.15) is 38.2 Å². The SMILES string of the molecule is C=CCN(CCN1CCOCC1)C(=O)C1N(CCCCCO)C(=O)[C@@H]2[C@H](C(=O)N(CC=C)Cc3ccccc3)[C@@H]3CC(C)C12S3. The maximum absolute atomic E-state index is 14.8. The lowest BCUT2D eigenvalue weighted by molar-refractivity contribution is -0.145. The van der Waals surface area contributed by atoms with Crippen LogP contribution in [0.3, 0.4) is 0 Å². The second kappa shape index (κ2) is 15.3. The van der Waals surface area contributed by atoms with Crippen LogP contribution in [0.5, 0.6) is 0 Å². The van der Waals surface area contributed by atoms with Crippen molar-refractivity contribution in [2.24, 2.45) is 17.8 Å². The number of unbranched alkanes of at least 4 members (excludes halogenated alkanes) is 2. The van der Waals surface area contributed by atoms with E-state index in [2.05, 4.69) is 25.0 Å². The summed E-state index contributed by atoms with van der Waals surface area (Å²) < 4.78 is 4.85. The molecule has 4 aliphatic rings. The monoisotopic (exact) mass is 638 g/mol. The molecule has 4 aliphatic heterocycles. The van der Waals surface area contributed by atoms with Crippen molar-refractivity contribution in [2.75, 3.05) is 65.6 Å². The molecule has 2 bridgehead atoms. The van der Waals surface area contributed by atoms with Gasteiger partial charge in [0, 0.05) is 64.2 Å². The fraction of sp³-hybridized carbons (Fsp3) is 0.629. The Morgan fingerprint density at radius 2 is 1.76 bits per heavy atom. The van der Waals surface area contributed by atoms with Crippen LogP contribution >= 0.6 is 11.8 Å². The van der Waals surface area contributed by atoms with Gasteiger partial charge >= 0.3 is 0 Å². The maximum atomic E-state index is 14.8. The summed E-state index contributed by atoms with van der Waals surface area (Å²) in [5.41, 5.74) is 1.03. The summed E-state index contributed by atoms with van der Waals surface area (Å²) >= 11 is 1.73. The Morgan fingerprint density at radius 1 is 1.04 bits per heavy atom. The van der Waals surface area contributed by atoms with Crippen LogP contribution in [0, 0.1) is 17.8 Å². The minimum atomic E-state index is -0.666. The van der Waals surface area contributed by atoms with Crippen molar-refractivity contribution in [1.29, 1.82) is 0 Å². The van der Waals surface area contributed by atoms with E-state index in [1.807, 2.05) is 45.0 Å². The van der Waals surface area contributed by atoms with E-state index in [-0.39, 0.29) is 35.5 Å². The van der Waals surface area contributed by atoms with Gasteiger partial charge in [0.15, 0.2) is 0 Å². The summed E-state index contributed by atoms with van der Waals surface area (Å²) in [6.07, 6.45) is 6.44. The van der Waals surface area contributed by atoms with E-state index in [1.165, 1.54) is 0 Å². The van der Waals surface area contributed by atoms with E-state index in [0.717, 1.165) is 38.0 Å². The third kappa shape index (κ3) is 6.75. The molecule has 0 radical (unpaired) electrons. The molecule has 1 N–H and O–H groups in total. The summed E-state index contributed by atoms with van der Waals surface area (Å²) in [6, 6.07) is 9.28. The summed E-state index contributed by atoms with van der Waals surface area (Å²) in [5, 5.41) is 9.37. The van der Waals surface area contributed by atoms with Crippen molar-refractivity contribution in [3.63, 3.8) is 0 Å². The first-order valence-corrected chi connectivity index (χ1v) is 17.5. The number of thioether (sulfide) groups is 1. The molecule has 10 heteroatoms. The van der Waals surface area contributed by atoms with Crippen LogP contribution in [0.2, 0.25) is 0 Å². The first-order chi connectivity index (χ1) is 21.9. The number of hydrogen-bond donors (Lipinski definition) is 1. The van der Waals surface area contributed by atoms with Crippen molar-refractivity contribution in [2.45, 2.75) is 55.2 Å². The molecule has 45 heavy (non-hydrogen) atoms. The van der Waals surface area contributed by atoms with Gasteiger partial charge < -0.3 is 24.5 Å². The molecule has 1 aromatic rings. The molecule has 4 saturated heterocycles. The molecular weight excluding hydrogens is 588 g/mol. The van der Waals surface area contributed by atoms with E-state index in [9.17, 15) is 19.5 Å². The Labute approximate surface area is 272 Å². The highest BCUT2D eigenvalue weighted by atomic mass is 32.2. The molecular formula is C35H50N4O5S. The zero-order chi connectivity index (χ0) is 32.0. The first kappa shape index (κ1) is 33.7. The Balaban J connectivity index is 1.45. The maximum Gasteiger partial charge on any atom is 0.247 e. The minimum Gasteiger partial charge on any atom is -0.396 e. The number of ether oxygens (including phenoxy) is 1. The molecule has 0 aliphatic carbocycles. The summed E-state index contributed by atoms with van der Waals surface area (Å²) in [6.45, 7) is 16.2. The smallest absolute Gasteiger partial charge is 0.247 e. The fourth-order valence-electron chi connectivity index (χ4n) is 8.00. The predicted molar refractivity (Wildman–Crippen MR) is 177 cm³/mol. The number of carbonyl (C=O) groups is 3. The summed E-state index contributed by atoms with van der Waals surface area (Å²) in [7, 11) is 0. The minimum absolute atomic E-state index is 0.0161. The quantitative estimate of drug-likeness (QED) is 0.220. The van der Waals surface area contributed by atoms with E-state index in [4.69, 9.17) is 4.74 Å². The number of rotatable bonds is 16. The zero-order valence-corrected chi connectivity index (χ0v) is 27.5. The number of aliphatic hydroxyl groups excluding tert-OH is 1. The topological polar surface area (TPSA) is 93.6 Å². The zero-order valence-electron chi connectivity index (χ0n) is 26.7. The van der Waals surface area contributed by atoms with Gasteiger partial charge in [0.2, 0.25) is 17.7 Å². The lowest BCUT2D eigenvalue weighted by atomic mass is 9.65. The van der Waals surface area contributed by atoms with Crippen molar-refractivity contribution in [1.82, 2.24) is 19.6 Å². The number of fused-ring (bicyclic) bond motifs is 1. The van der Waals surface area contributed by atoms with Crippen LogP contribution in [0.15, 0.2) is 55.6 Å². The lowest BCUT2D eigenvalue weighted by Crippen LogP contribution is -2.58. The van der Waals surface area contributed by atoms with E-state index < -0.39 is 22.6 Å². The van der Waals surface area contributed by atoms with Crippen molar-refractivity contribution >= 4 is 29.5 Å². The second-order valence-corrected chi connectivity index (χ2v) is 14.4. The molecule has 5 rings (SSSR count). The first-order valence-electron chi connectivity index (χ1n) is 16.6. The van der Waals surface area contributed by atoms with Gasteiger partial charge in [0.1, 0.15) is 6.04 Å². The van der Waals surface area contributed by atoms with Crippen molar-refractivity contribution < 1.29 is 24.2 Å². The largest absolute Gasteiger partial charge is 0.396 e. The highest BCUT2D eigenvalue weighted by molar-refractivity contribution is 8.02. The average molecular weight is 639 g/mol. The van der Waals surface area contributed by atoms with Gasteiger partial charge in [-0.15, -0.1) is 24.9 Å². The molecule has 6 atom stereocenters. The van der Waals surface area contributed by atoms with Gasteiger partial charge in [-0.25, -0.2) is 0 Å². The van der Waals surface area contributed by atoms with Crippen LogP contribution < -0.4 is 0 Å². The van der Waals surface area contributed by atoms with Gasteiger partial charge in [-0.1, -0.05) is 49.4 Å². The lowest BCUT2D eigenvalue weighted by Gasteiger charge is -2.41. The highest BCUT2D eigenvalue weighted by Gasteiger charge is 2.76. The van der Waals surface area contributed by atoms with E-state index in [1.54, 1.807) is 23.9 Å². The number of aliphatic hydroxyl groups is 1. The number of hydrogen-bond acceptors (Lipinski definition) is 7. The average Bonchev–Trinajstić information content (AvgIpc) is 3.65. The Kier molecular flexibility index (Phi) is 11.4. The molecule has 4 fully saturated rings. The molecule has 0 saturated carbocycles. The van der Waals surface area contributed by atoms with Crippen molar-refractivity contribution in [3.05, 3.63) is 61.2 Å². The van der Waals surface area contributed by atoms with Gasteiger partial charge in [0.25, 0.3) is 0 Å². The standard InChI is InChI=1S/C35H50N4O5S/c1-4-14-37(18-17-36-19-22-44-23-20-36)34(43)31-35-26(3)24-28(45-35)29(30(35)33(42)39(31)16-10-7-11-21-40)32(41)38(15-5-2)25-27-12-8-6-9-13-27/h4-6,8-9,12-13,26,28-31,40H,1-2,7,10-11,14-25H2,3H3/t26?,28-,29+,30-,31?,35?/m0/s1. The summed E-state index contributed by atoms with van der Waals surface area (Å²) in [5.74, 6) is -1.06. The second-order valence-electron chi connectivity index (χ2n) is 12.9. The molecule has 246 valence electrons. The number of likely N-dealkylation sites (tertiary alicyclic amines) is 1. The normalized spacial score (nSPS) is 29.1. The molecule has 3 unspecified atom stereocenters. The molecule has 4 heterocycles. The van der Waals surface area contributed by atoms with Crippen molar-refractivity contribution in [3.8, 4) is 0 Å². The van der Waals surface area contributed by atoms with Gasteiger partial charge in [0.05, 0.1) is 29.8 Å². The number of carbonyl (C=O) groups excluding carboxylic acids is 3. The Bertz CT molecular complexity index is 1210. The number of morpholine rings is 1. The van der Waals surface area contributed by atoms with E-state index in [0.29, 0.717) is 58.8 Å². The fourth-order valence-corrected chi connectivity index (χ4v) is 10.4. The van der Waals surface area contributed by atoms with Gasteiger partial charge in [-0.05, 0) is 37.2 Å². The number of nitrogens with zero attached hydrogens (tertiary/aromatic N) is 4. The number of benzene rings is 1. The van der Waals surface area contributed by atoms with Crippen LogP contribution in [0.25, 0.3) is 0 Å². The molecule has 0 aromatic heterocycles. The third-order valence-electron chi connectivity index (χ3n) is 10.2. The van der Waals surface area contributed by atoms with Crippen LogP contribution in [-0.4, -0.2) is 124 Å². The molecule has 3 amide bonds. The molecule has 1 spiro atoms. The predicted octanol–water partition coefficient (Wildman–Crippen LogP) is 3.05. The molecule has 9 nitrogen and oxygen atoms in total. The third-order valence-corrected chi connectivity index (χ3v) is 12.2. The van der Waals surface area contributed by atoms with Gasteiger partial charge in [-0.2, -0.15) is 0 Å².